The van der Waals surface area contributed by atoms with Crippen LogP contribution in [0.4, 0.5) is 0 Å². The number of rotatable bonds is 11. The van der Waals surface area contributed by atoms with Crippen molar-refractivity contribution in [2.75, 3.05) is 13.2 Å². The summed E-state index contributed by atoms with van der Waals surface area (Å²) in [7, 11) is 0. The van der Waals surface area contributed by atoms with Crippen LogP contribution >= 0.6 is 0 Å². The second kappa shape index (κ2) is 17.2. The van der Waals surface area contributed by atoms with Gasteiger partial charge in [-0.15, -0.1) is 0 Å². The molecule has 0 atom stereocenters. The molecular formula is C44H36Br2N4O2. The first-order valence-electron chi connectivity index (χ1n) is 16.9. The van der Waals surface area contributed by atoms with Crippen molar-refractivity contribution in [1.29, 1.82) is 0 Å². The predicted octanol–water partition coefficient (Wildman–Crippen LogP) is 2.53. The Kier molecular flexibility index (Phi) is 12.0. The number of aromatic nitrogens is 4. The number of nitrogens with zero attached hydrogens (tertiary/aromatic N) is 4. The highest BCUT2D eigenvalue weighted by Crippen LogP contribution is 2.45. The van der Waals surface area contributed by atoms with Gasteiger partial charge in [0, 0.05) is 60.2 Å². The molecule has 6 nitrogen and oxygen atoms in total. The second-order valence-corrected chi connectivity index (χ2v) is 12.1. The summed E-state index contributed by atoms with van der Waals surface area (Å²) >= 11 is 0. The van der Waals surface area contributed by atoms with Gasteiger partial charge in [0.25, 0.3) is 0 Å². The van der Waals surface area contributed by atoms with Gasteiger partial charge in [0.15, 0.2) is 37.9 Å². The zero-order chi connectivity index (χ0) is 33.5. The van der Waals surface area contributed by atoms with E-state index >= 15 is 0 Å². The van der Waals surface area contributed by atoms with Gasteiger partial charge in [-0.3, -0.25) is 9.97 Å². The molecule has 8 rings (SSSR count). The second-order valence-electron chi connectivity index (χ2n) is 12.1. The fourth-order valence-corrected chi connectivity index (χ4v) is 6.47. The highest BCUT2D eigenvalue weighted by Gasteiger charge is 2.20. The molecule has 0 amide bonds. The summed E-state index contributed by atoms with van der Waals surface area (Å²) in [6, 6.07) is 42.1. The summed E-state index contributed by atoms with van der Waals surface area (Å²) in [6.45, 7) is 2.44. The monoisotopic (exact) mass is 810 g/mol. The number of fused-ring (bicyclic) bond motifs is 2. The molecular weight excluding hydrogens is 776 g/mol. The maximum Gasteiger partial charge on any atom is 0.182 e. The normalized spacial score (nSPS) is 10.7. The standard InChI is InChI=1S/C44H36N4O2.2BrH/c1-3-7-39-37(5-1)9-11-41(49-31-29-47-25-17-35(18-26-47)33-13-21-45-22-14-33)43(39)44-40-8-4-2-6-38(40)10-12-42(44)50-32-30-48-27-19-36(20-28-48)34-15-23-46-24-16-34;;/h1-28H,29-32H2;2*1H/q+2;;/p-2. The number of halogens is 2. The van der Waals surface area contributed by atoms with Crippen LogP contribution in [0.2, 0.25) is 0 Å². The molecule has 4 aromatic heterocycles. The lowest BCUT2D eigenvalue weighted by atomic mass is 9.92. The smallest absolute Gasteiger partial charge is 0.182 e. The van der Waals surface area contributed by atoms with Crippen LogP contribution in [-0.4, -0.2) is 23.2 Å². The van der Waals surface area contributed by atoms with E-state index in [0.29, 0.717) is 26.3 Å². The number of hydrogen-bond donors (Lipinski definition) is 0. The lowest BCUT2D eigenvalue weighted by molar-refractivity contribution is -0.697. The van der Waals surface area contributed by atoms with Crippen LogP contribution < -0.4 is 52.6 Å². The lowest BCUT2D eigenvalue weighted by Gasteiger charge is -2.19. The molecule has 0 aliphatic rings. The largest absolute Gasteiger partial charge is 1.00 e. The SMILES string of the molecule is [Br-].[Br-].c1ccc2c(-c3c(OCC[n+]4ccc(-c5ccncc5)cc4)ccc4ccccc34)c(OCC[n+]3ccc(-c4ccncc4)cc3)ccc2c1. The fourth-order valence-electron chi connectivity index (χ4n) is 6.47. The van der Waals surface area contributed by atoms with Crippen molar-refractivity contribution in [2.45, 2.75) is 13.1 Å². The Bertz CT molecular complexity index is 2200. The molecule has 0 N–H and O–H groups in total. The molecule has 0 fully saturated rings. The summed E-state index contributed by atoms with van der Waals surface area (Å²) < 4.78 is 17.6. The van der Waals surface area contributed by atoms with Crippen molar-refractivity contribution in [3.05, 3.63) is 171 Å². The third-order valence-electron chi connectivity index (χ3n) is 9.06. The molecule has 0 spiro atoms. The van der Waals surface area contributed by atoms with Crippen LogP contribution in [0.25, 0.3) is 54.9 Å². The van der Waals surface area contributed by atoms with E-state index in [0.717, 1.165) is 66.4 Å². The van der Waals surface area contributed by atoms with Gasteiger partial charge in [0.2, 0.25) is 0 Å². The Hall–Kier alpha value is -5.44. The summed E-state index contributed by atoms with van der Waals surface area (Å²) in [4.78, 5) is 8.27. The van der Waals surface area contributed by atoms with Crippen molar-refractivity contribution in [3.63, 3.8) is 0 Å². The van der Waals surface area contributed by atoms with E-state index in [2.05, 4.69) is 141 Å². The number of benzene rings is 4. The van der Waals surface area contributed by atoms with Crippen LogP contribution in [0.3, 0.4) is 0 Å². The van der Waals surface area contributed by atoms with E-state index in [-0.39, 0.29) is 34.0 Å². The summed E-state index contributed by atoms with van der Waals surface area (Å²) in [6.07, 6.45) is 15.7. The van der Waals surface area contributed by atoms with Crippen molar-refractivity contribution in [1.82, 2.24) is 9.97 Å². The minimum absolute atomic E-state index is 0. The van der Waals surface area contributed by atoms with Crippen molar-refractivity contribution < 1.29 is 52.6 Å². The molecule has 258 valence electrons. The van der Waals surface area contributed by atoms with Crippen molar-refractivity contribution >= 4 is 21.5 Å². The number of hydrogen-bond acceptors (Lipinski definition) is 4. The van der Waals surface area contributed by atoms with E-state index in [1.165, 1.54) is 0 Å². The zero-order valence-corrected chi connectivity index (χ0v) is 31.5. The van der Waals surface area contributed by atoms with Crippen LogP contribution in [0.15, 0.2) is 171 Å². The number of ether oxygens (including phenoxy) is 2. The van der Waals surface area contributed by atoms with Crippen LogP contribution in [0, 0.1) is 0 Å². The van der Waals surface area contributed by atoms with Gasteiger partial charge in [0.1, 0.15) is 24.7 Å². The molecule has 0 saturated heterocycles. The Morgan fingerprint density at radius 1 is 0.404 bits per heavy atom. The maximum absolute atomic E-state index is 6.65. The molecule has 52 heavy (non-hydrogen) atoms. The molecule has 4 aromatic carbocycles. The van der Waals surface area contributed by atoms with Crippen LogP contribution in [0.1, 0.15) is 0 Å². The first-order valence-corrected chi connectivity index (χ1v) is 16.9. The Labute approximate surface area is 324 Å². The third-order valence-corrected chi connectivity index (χ3v) is 9.06. The Balaban J connectivity index is 0.00000232. The molecule has 0 bridgehead atoms. The molecule has 0 aliphatic heterocycles. The molecule has 0 saturated carbocycles. The van der Waals surface area contributed by atoms with Crippen LogP contribution in [0.5, 0.6) is 11.5 Å². The van der Waals surface area contributed by atoms with E-state index in [4.69, 9.17) is 9.47 Å². The molecule has 8 aromatic rings. The first-order chi connectivity index (χ1) is 24.8. The molecule has 4 heterocycles. The summed E-state index contributed by atoms with van der Waals surface area (Å²) in [5, 5.41) is 4.56. The van der Waals surface area contributed by atoms with Gasteiger partial charge in [0.05, 0.1) is 0 Å². The van der Waals surface area contributed by atoms with E-state index in [1.54, 1.807) is 0 Å². The van der Waals surface area contributed by atoms with Gasteiger partial charge in [-0.2, -0.15) is 0 Å². The highest BCUT2D eigenvalue weighted by atomic mass is 79.9. The van der Waals surface area contributed by atoms with Gasteiger partial charge in [-0.05, 0) is 80.2 Å². The quantitative estimate of drug-likeness (QED) is 0.189. The molecule has 0 radical (unpaired) electrons. The van der Waals surface area contributed by atoms with E-state index in [1.807, 2.05) is 49.1 Å². The van der Waals surface area contributed by atoms with Gasteiger partial charge >= 0.3 is 0 Å². The van der Waals surface area contributed by atoms with Crippen molar-refractivity contribution in [2.24, 2.45) is 0 Å². The maximum atomic E-state index is 6.65. The number of pyridine rings is 4. The molecule has 0 unspecified atom stereocenters. The van der Waals surface area contributed by atoms with Gasteiger partial charge < -0.3 is 43.4 Å². The lowest BCUT2D eigenvalue weighted by Crippen LogP contribution is -3.00. The minimum Gasteiger partial charge on any atom is -1.00 e. The Morgan fingerprint density at radius 3 is 1.17 bits per heavy atom. The van der Waals surface area contributed by atoms with Crippen molar-refractivity contribution in [3.8, 4) is 44.9 Å². The average Bonchev–Trinajstić information content (AvgIpc) is 3.19. The summed E-state index contributed by atoms with van der Waals surface area (Å²) in [5.41, 5.74) is 6.70. The van der Waals surface area contributed by atoms with E-state index in [9.17, 15) is 0 Å². The Morgan fingerprint density at radius 2 is 0.769 bits per heavy atom. The van der Waals surface area contributed by atoms with Gasteiger partial charge in [-0.25, -0.2) is 9.13 Å². The van der Waals surface area contributed by atoms with Crippen LogP contribution in [-0.2, 0) is 13.1 Å². The average molecular weight is 813 g/mol. The fraction of sp³-hybridized carbons (Fsp3) is 0.0909. The zero-order valence-electron chi connectivity index (χ0n) is 28.4. The molecule has 0 aliphatic carbocycles. The third kappa shape index (κ3) is 8.04. The van der Waals surface area contributed by atoms with Gasteiger partial charge in [-0.1, -0.05) is 60.7 Å². The summed E-state index contributed by atoms with van der Waals surface area (Å²) in [5.74, 6) is 1.67. The predicted molar refractivity (Wildman–Crippen MR) is 198 cm³/mol. The minimum atomic E-state index is 0. The molecule has 8 heteroatoms. The topological polar surface area (TPSA) is 52.0 Å². The first kappa shape index (κ1) is 36.4. The highest BCUT2D eigenvalue weighted by molar-refractivity contribution is 6.09. The van der Waals surface area contributed by atoms with E-state index < -0.39 is 0 Å².